The molecule has 3 aromatic rings. The van der Waals surface area contributed by atoms with Gasteiger partial charge in [0.15, 0.2) is 11.5 Å². The van der Waals surface area contributed by atoms with Crippen molar-refractivity contribution in [1.82, 2.24) is 34.2 Å². The Labute approximate surface area is 153 Å². The average molecular weight is 368 g/mol. The number of hydrogen-bond donors (Lipinski definition) is 0. The Kier molecular flexibility index (Phi) is 3.63. The van der Waals surface area contributed by atoms with Crippen molar-refractivity contribution in [3.8, 4) is 5.82 Å². The van der Waals surface area contributed by atoms with Crippen LogP contribution in [0.4, 0.5) is 5.82 Å². The molecule has 0 N–H and O–H groups in total. The molecule has 0 aromatic carbocycles. The summed E-state index contributed by atoms with van der Waals surface area (Å²) in [6.45, 7) is 2.80. The van der Waals surface area contributed by atoms with Crippen molar-refractivity contribution in [2.75, 3.05) is 18.0 Å². The van der Waals surface area contributed by atoms with Crippen LogP contribution in [0.25, 0.3) is 5.82 Å². The maximum Gasteiger partial charge on any atom is 0.275 e. The zero-order chi connectivity index (χ0) is 17.5. The van der Waals surface area contributed by atoms with Crippen molar-refractivity contribution in [3.05, 3.63) is 40.9 Å². The summed E-state index contributed by atoms with van der Waals surface area (Å²) in [6, 6.07) is 1.91. The fraction of sp³-hybridized carbons (Fsp3) is 0.375. The van der Waals surface area contributed by atoms with Crippen molar-refractivity contribution in [3.63, 3.8) is 0 Å². The van der Waals surface area contributed by atoms with Gasteiger partial charge in [0.25, 0.3) is 5.91 Å². The molecule has 5 heterocycles. The van der Waals surface area contributed by atoms with Crippen LogP contribution in [0.3, 0.4) is 0 Å². The van der Waals surface area contributed by atoms with Gasteiger partial charge in [-0.1, -0.05) is 4.49 Å². The highest BCUT2D eigenvalue weighted by atomic mass is 32.1. The monoisotopic (exact) mass is 368 g/mol. The summed E-state index contributed by atoms with van der Waals surface area (Å²) in [5.74, 6) is 1.49. The summed E-state index contributed by atoms with van der Waals surface area (Å²) in [4.78, 5) is 26.0. The lowest BCUT2D eigenvalue weighted by Crippen LogP contribution is -2.31. The lowest BCUT2D eigenvalue weighted by atomic mass is 10.2. The fourth-order valence-corrected chi connectivity index (χ4v) is 4.00. The third kappa shape index (κ3) is 2.45. The van der Waals surface area contributed by atoms with Crippen LogP contribution in [-0.2, 0) is 13.1 Å². The van der Waals surface area contributed by atoms with E-state index in [9.17, 15) is 4.79 Å². The molecule has 0 saturated carbocycles. The van der Waals surface area contributed by atoms with Gasteiger partial charge in [-0.2, -0.15) is 5.10 Å². The number of hydrogen-bond acceptors (Lipinski definition) is 8. The molecule has 0 aliphatic carbocycles. The van der Waals surface area contributed by atoms with Crippen molar-refractivity contribution >= 4 is 23.3 Å². The molecule has 2 aliphatic rings. The van der Waals surface area contributed by atoms with Crippen LogP contribution in [0, 0.1) is 0 Å². The van der Waals surface area contributed by atoms with Gasteiger partial charge in [0, 0.05) is 24.7 Å². The second-order valence-electron chi connectivity index (χ2n) is 6.38. The van der Waals surface area contributed by atoms with Crippen LogP contribution in [0.5, 0.6) is 0 Å². The number of carbonyl (C=O) groups excluding carboxylic acids is 1. The van der Waals surface area contributed by atoms with E-state index in [2.05, 4.69) is 29.6 Å². The molecule has 132 valence electrons. The number of fused-ring (bicyclic) bond motifs is 3. The highest BCUT2D eigenvalue weighted by molar-refractivity contribution is 7.03. The minimum atomic E-state index is -0.143. The smallest absolute Gasteiger partial charge is 0.275 e. The van der Waals surface area contributed by atoms with Crippen molar-refractivity contribution < 1.29 is 4.79 Å². The summed E-state index contributed by atoms with van der Waals surface area (Å²) >= 11 is 1.17. The third-order valence-electron chi connectivity index (χ3n) is 4.80. The second-order valence-corrected chi connectivity index (χ2v) is 6.99. The minimum absolute atomic E-state index is 0.143. The Bertz CT molecular complexity index is 947. The first-order valence-corrected chi connectivity index (χ1v) is 9.33. The molecule has 26 heavy (non-hydrogen) atoms. The maximum absolute atomic E-state index is 12.9. The van der Waals surface area contributed by atoms with Crippen molar-refractivity contribution in [2.24, 2.45) is 0 Å². The molecular weight excluding hydrogens is 352 g/mol. The zero-order valence-corrected chi connectivity index (χ0v) is 14.8. The van der Waals surface area contributed by atoms with Gasteiger partial charge in [0.05, 0.1) is 24.3 Å². The highest BCUT2D eigenvalue weighted by Crippen LogP contribution is 2.30. The van der Waals surface area contributed by atoms with Crippen LogP contribution in [-0.4, -0.2) is 53.2 Å². The predicted octanol–water partition coefficient (Wildman–Crippen LogP) is 1.27. The molecule has 0 atom stereocenters. The van der Waals surface area contributed by atoms with Crippen LogP contribution in [0.2, 0.25) is 0 Å². The van der Waals surface area contributed by atoms with E-state index in [1.807, 2.05) is 10.7 Å². The third-order valence-corrected chi connectivity index (χ3v) is 5.30. The number of anilines is 1. The standard InChI is InChI=1S/C16H16N8OS/c25-16(13-9-26-21-20-13)23-7-11-3-4-19-24(11)15-12(8-23)14(17-10-18-15)22-5-1-2-6-22/h3-4,9-10H,1-2,5-8H2. The molecule has 0 spiro atoms. The van der Waals surface area contributed by atoms with Gasteiger partial charge >= 0.3 is 0 Å². The summed E-state index contributed by atoms with van der Waals surface area (Å²) in [5, 5.41) is 10.0. The molecule has 10 heteroatoms. The van der Waals surface area contributed by atoms with Crippen LogP contribution < -0.4 is 4.90 Å². The number of nitrogens with zero attached hydrogens (tertiary/aromatic N) is 8. The molecule has 3 aromatic heterocycles. The van der Waals surface area contributed by atoms with Gasteiger partial charge in [-0.05, 0) is 30.4 Å². The Morgan fingerprint density at radius 2 is 1.96 bits per heavy atom. The van der Waals surface area contributed by atoms with Crippen LogP contribution >= 0.6 is 11.5 Å². The van der Waals surface area contributed by atoms with Gasteiger partial charge in [-0.3, -0.25) is 4.79 Å². The molecule has 0 unspecified atom stereocenters. The average Bonchev–Trinajstić information content (AvgIpc) is 3.42. The quantitative estimate of drug-likeness (QED) is 0.672. The lowest BCUT2D eigenvalue weighted by Gasteiger charge is -2.23. The van der Waals surface area contributed by atoms with E-state index in [1.165, 1.54) is 11.5 Å². The Balaban J connectivity index is 1.62. The van der Waals surface area contributed by atoms with E-state index in [0.29, 0.717) is 18.8 Å². The normalized spacial score (nSPS) is 16.3. The minimum Gasteiger partial charge on any atom is -0.356 e. The molecule has 0 bridgehead atoms. The predicted molar refractivity (Wildman–Crippen MR) is 94.1 cm³/mol. The van der Waals surface area contributed by atoms with Crippen LogP contribution in [0.15, 0.2) is 24.0 Å². The molecular formula is C16H16N8OS. The highest BCUT2D eigenvalue weighted by Gasteiger charge is 2.30. The van der Waals surface area contributed by atoms with Crippen molar-refractivity contribution in [1.29, 1.82) is 0 Å². The molecule has 1 amide bonds. The van der Waals surface area contributed by atoms with Gasteiger partial charge in [0.1, 0.15) is 12.1 Å². The van der Waals surface area contributed by atoms with E-state index < -0.39 is 0 Å². The number of carbonyl (C=O) groups is 1. The number of rotatable bonds is 2. The lowest BCUT2D eigenvalue weighted by molar-refractivity contribution is 0.0724. The van der Waals surface area contributed by atoms with Gasteiger partial charge in [-0.25, -0.2) is 14.6 Å². The Hall–Kier alpha value is -2.88. The summed E-state index contributed by atoms with van der Waals surface area (Å²) in [5.41, 5.74) is 2.20. The molecule has 0 radical (unpaired) electrons. The summed E-state index contributed by atoms with van der Waals surface area (Å²) in [7, 11) is 0. The van der Waals surface area contributed by atoms with Gasteiger partial charge in [-0.15, -0.1) is 5.10 Å². The van der Waals surface area contributed by atoms with E-state index in [-0.39, 0.29) is 5.91 Å². The molecule has 1 fully saturated rings. The first kappa shape index (κ1) is 15.4. The topological polar surface area (TPSA) is 92.9 Å². The summed E-state index contributed by atoms with van der Waals surface area (Å²) in [6.07, 6.45) is 5.62. The first-order valence-electron chi connectivity index (χ1n) is 8.49. The molecule has 2 aliphatic heterocycles. The number of amides is 1. The van der Waals surface area contributed by atoms with Crippen LogP contribution in [0.1, 0.15) is 34.6 Å². The van der Waals surface area contributed by atoms with Gasteiger partial charge in [0.2, 0.25) is 0 Å². The first-order chi connectivity index (χ1) is 12.8. The maximum atomic E-state index is 12.9. The van der Waals surface area contributed by atoms with E-state index in [1.54, 1.807) is 22.8 Å². The van der Waals surface area contributed by atoms with Crippen molar-refractivity contribution in [2.45, 2.75) is 25.9 Å². The zero-order valence-electron chi connectivity index (χ0n) is 13.9. The molecule has 1 saturated heterocycles. The van der Waals surface area contributed by atoms with E-state index >= 15 is 0 Å². The molecule has 9 nitrogen and oxygen atoms in total. The second kappa shape index (κ2) is 6.13. The Morgan fingerprint density at radius 1 is 1.12 bits per heavy atom. The van der Waals surface area contributed by atoms with Gasteiger partial charge < -0.3 is 9.80 Å². The van der Waals surface area contributed by atoms with E-state index in [0.717, 1.165) is 48.8 Å². The molecule has 5 rings (SSSR count). The fourth-order valence-electron chi connectivity index (χ4n) is 3.57. The summed E-state index contributed by atoms with van der Waals surface area (Å²) < 4.78 is 5.62. The SMILES string of the molecule is O=C(c1csnn1)N1Cc2c(N3CCCC3)ncnc2-n2nccc2C1. The Morgan fingerprint density at radius 3 is 2.77 bits per heavy atom. The van der Waals surface area contributed by atoms with E-state index in [4.69, 9.17) is 0 Å². The number of aromatic nitrogens is 6. The largest absolute Gasteiger partial charge is 0.356 e.